The molecule has 1 aromatic carbocycles. The summed E-state index contributed by atoms with van der Waals surface area (Å²) in [6.07, 6.45) is 1.81. The van der Waals surface area contributed by atoms with Crippen molar-refractivity contribution in [2.24, 2.45) is 0 Å². The highest BCUT2D eigenvalue weighted by Gasteiger charge is 2.14. The van der Waals surface area contributed by atoms with Crippen LogP contribution in [0.5, 0.6) is 0 Å². The highest BCUT2D eigenvalue weighted by atomic mass is 16.2. The van der Waals surface area contributed by atoms with Crippen molar-refractivity contribution >= 4 is 17.3 Å². The first-order valence-corrected chi connectivity index (χ1v) is 4.94. The lowest BCUT2D eigenvalue weighted by Crippen LogP contribution is -2.17. The van der Waals surface area contributed by atoms with Gasteiger partial charge in [-0.2, -0.15) is 0 Å². The van der Waals surface area contributed by atoms with Crippen molar-refractivity contribution in [2.45, 2.75) is 12.8 Å². The van der Waals surface area contributed by atoms with E-state index >= 15 is 0 Å². The number of anilines is 2. The van der Waals surface area contributed by atoms with E-state index in [1.165, 1.54) is 0 Å². The van der Waals surface area contributed by atoms with Gasteiger partial charge in [-0.05, 0) is 24.6 Å². The zero-order valence-corrected chi connectivity index (χ0v) is 8.94. The smallest absolute Gasteiger partial charge is 0.222 e. The molecule has 0 atom stereocenters. The number of hydrogen-bond donors (Lipinski definition) is 2. The van der Waals surface area contributed by atoms with Crippen LogP contribution in [0, 0.1) is 0 Å². The second kappa shape index (κ2) is 5.24. The second-order valence-electron chi connectivity index (χ2n) is 3.59. The summed E-state index contributed by atoms with van der Waals surface area (Å²) in [5.41, 5.74) is 12.2. The Morgan fingerprint density at radius 2 is 1.87 bits per heavy atom. The number of benzene rings is 1. The number of nitrogen functional groups attached to an aromatic ring is 2. The summed E-state index contributed by atoms with van der Waals surface area (Å²) in [5, 5.41) is 0. The number of nitrogens with two attached hydrogens (primary N) is 2. The molecule has 0 radical (unpaired) electrons. The molecule has 1 fully saturated rings. The van der Waals surface area contributed by atoms with E-state index in [0.29, 0.717) is 17.3 Å². The average Bonchev–Trinajstić information content (AvgIpc) is 2.51. The summed E-state index contributed by atoms with van der Waals surface area (Å²) in [4.78, 5) is 12.3. The molecule has 4 nitrogen and oxygen atoms in total. The highest BCUT2D eigenvalue weighted by molar-refractivity contribution is 5.77. The van der Waals surface area contributed by atoms with Gasteiger partial charge in [0.05, 0.1) is 0 Å². The van der Waals surface area contributed by atoms with Crippen LogP contribution < -0.4 is 11.5 Å². The number of hydrogen-bond acceptors (Lipinski definition) is 3. The zero-order chi connectivity index (χ0) is 11.3. The number of rotatable bonds is 0. The molecule has 1 saturated heterocycles. The first kappa shape index (κ1) is 11.4. The Kier molecular flexibility index (Phi) is 3.97. The van der Waals surface area contributed by atoms with Crippen molar-refractivity contribution in [1.82, 2.24) is 4.90 Å². The molecule has 4 heteroatoms. The second-order valence-corrected chi connectivity index (χ2v) is 3.59. The largest absolute Gasteiger partial charge is 0.399 e. The van der Waals surface area contributed by atoms with E-state index in [1.54, 1.807) is 23.1 Å². The molecule has 0 bridgehead atoms. The van der Waals surface area contributed by atoms with E-state index in [1.807, 2.05) is 13.1 Å². The normalized spacial score (nSPS) is 14.7. The fourth-order valence-corrected chi connectivity index (χ4v) is 1.34. The molecule has 1 heterocycles. The number of carbonyl (C=O) groups excluding carboxylic acids is 1. The van der Waals surface area contributed by atoms with Crippen LogP contribution in [0.1, 0.15) is 12.8 Å². The minimum absolute atomic E-state index is 0.292. The Labute approximate surface area is 89.9 Å². The molecule has 1 aliphatic heterocycles. The Morgan fingerprint density at radius 3 is 2.07 bits per heavy atom. The summed E-state index contributed by atoms with van der Waals surface area (Å²) in [6, 6.07) is 7.15. The monoisotopic (exact) mass is 207 g/mol. The molecule has 2 rings (SSSR count). The zero-order valence-electron chi connectivity index (χ0n) is 8.94. The third kappa shape index (κ3) is 3.89. The van der Waals surface area contributed by atoms with Crippen LogP contribution in [0.2, 0.25) is 0 Å². The lowest BCUT2D eigenvalue weighted by molar-refractivity contribution is -0.126. The van der Waals surface area contributed by atoms with Gasteiger partial charge in [-0.1, -0.05) is 6.07 Å². The molecule has 82 valence electrons. The van der Waals surface area contributed by atoms with Gasteiger partial charge < -0.3 is 16.4 Å². The maximum atomic E-state index is 10.5. The van der Waals surface area contributed by atoms with E-state index in [2.05, 4.69) is 0 Å². The minimum atomic E-state index is 0.292. The van der Waals surface area contributed by atoms with Crippen molar-refractivity contribution in [2.75, 3.05) is 25.1 Å². The SMILES string of the molecule is CN1CCCC1=O.Nc1cccc(N)c1. The molecule has 15 heavy (non-hydrogen) atoms. The van der Waals surface area contributed by atoms with E-state index in [-0.39, 0.29) is 0 Å². The van der Waals surface area contributed by atoms with Crippen molar-refractivity contribution < 1.29 is 4.79 Å². The number of amides is 1. The summed E-state index contributed by atoms with van der Waals surface area (Å²) in [5.74, 6) is 0.292. The van der Waals surface area contributed by atoms with Gasteiger partial charge in [0.1, 0.15) is 0 Å². The van der Waals surface area contributed by atoms with E-state index in [4.69, 9.17) is 11.5 Å². The van der Waals surface area contributed by atoms with Gasteiger partial charge >= 0.3 is 0 Å². The standard InChI is InChI=1S/C6H8N2.C5H9NO/c7-5-2-1-3-6(8)4-5;1-6-4-2-3-5(6)7/h1-4H,7-8H2;2-4H2,1H3. The molecule has 4 N–H and O–H groups in total. The van der Waals surface area contributed by atoms with Crippen LogP contribution in [0.15, 0.2) is 24.3 Å². The molecule has 0 unspecified atom stereocenters. The van der Waals surface area contributed by atoms with Crippen LogP contribution in [0.4, 0.5) is 11.4 Å². The van der Waals surface area contributed by atoms with Crippen LogP contribution >= 0.6 is 0 Å². The van der Waals surface area contributed by atoms with Crippen LogP contribution in [0.3, 0.4) is 0 Å². The summed E-state index contributed by atoms with van der Waals surface area (Å²) >= 11 is 0. The topological polar surface area (TPSA) is 72.3 Å². The summed E-state index contributed by atoms with van der Waals surface area (Å²) < 4.78 is 0. The third-order valence-corrected chi connectivity index (χ3v) is 2.22. The quantitative estimate of drug-likeness (QED) is 0.625. The number of carbonyl (C=O) groups is 1. The molecule has 0 aromatic heterocycles. The van der Waals surface area contributed by atoms with Gasteiger partial charge in [0.25, 0.3) is 0 Å². The molecule has 1 aromatic rings. The average molecular weight is 207 g/mol. The van der Waals surface area contributed by atoms with Crippen LogP contribution in [0.25, 0.3) is 0 Å². The van der Waals surface area contributed by atoms with Crippen molar-refractivity contribution in [3.8, 4) is 0 Å². The number of nitrogens with zero attached hydrogens (tertiary/aromatic N) is 1. The Balaban J connectivity index is 0.000000151. The summed E-state index contributed by atoms with van der Waals surface area (Å²) in [7, 11) is 1.84. The fraction of sp³-hybridized carbons (Fsp3) is 0.364. The van der Waals surface area contributed by atoms with Gasteiger partial charge in [-0.3, -0.25) is 4.79 Å². The van der Waals surface area contributed by atoms with Crippen LogP contribution in [-0.2, 0) is 4.79 Å². The molecular weight excluding hydrogens is 190 g/mol. The molecule has 1 amide bonds. The molecular formula is C11H17N3O. The molecule has 0 saturated carbocycles. The molecule has 1 aliphatic rings. The lowest BCUT2D eigenvalue weighted by atomic mass is 10.3. The minimum Gasteiger partial charge on any atom is -0.399 e. The van der Waals surface area contributed by atoms with Gasteiger partial charge in [0.2, 0.25) is 5.91 Å². The summed E-state index contributed by atoms with van der Waals surface area (Å²) in [6.45, 7) is 0.957. The first-order valence-electron chi connectivity index (χ1n) is 4.94. The van der Waals surface area contributed by atoms with Gasteiger partial charge in [-0.15, -0.1) is 0 Å². The predicted octanol–water partition coefficient (Wildman–Crippen LogP) is 1.09. The van der Waals surface area contributed by atoms with E-state index in [9.17, 15) is 4.79 Å². The third-order valence-electron chi connectivity index (χ3n) is 2.22. The Bertz CT molecular complexity index is 321. The predicted molar refractivity (Wildman–Crippen MR) is 62.1 cm³/mol. The molecule has 0 spiro atoms. The Hall–Kier alpha value is -1.71. The lowest BCUT2D eigenvalue weighted by Gasteiger charge is -2.03. The highest BCUT2D eigenvalue weighted by Crippen LogP contribution is 2.06. The maximum absolute atomic E-state index is 10.5. The van der Waals surface area contributed by atoms with Gasteiger partial charge in [-0.25, -0.2) is 0 Å². The maximum Gasteiger partial charge on any atom is 0.222 e. The Morgan fingerprint density at radius 1 is 1.27 bits per heavy atom. The van der Waals surface area contributed by atoms with Crippen molar-refractivity contribution in [3.05, 3.63) is 24.3 Å². The first-order chi connectivity index (χ1) is 7.09. The van der Waals surface area contributed by atoms with Crippen LogP contribution in [-0.4, -0.2) is 24.4 Å². The van der Waals surface area contributed by atoms with Gasteiger partial charge in [0, 0.05) is 31.4 Å². The van der Waals surface area contributed by atoms with Crippen molar-refractivity contribution in [1.29, 1.82) is 0 Å². The number of likely N-dealkylation sites (tertiary alicyclic amines) is 1. The van der Waals surface area contributed by atoms with Crippen molar-refractivity contribution in [3.63, 3.8) is 0 Å². The fourth-order valence-electron chi connectivity index (χ4n) is 1.34. The van der Waals surface area contributed by atoms with E-state index < -0.39 is 0 Å². The van der Waals surface area contributed by atoms with Gasteiger partial charge in [0.15, 0.2) is 0 Å². The van der Waals surface area contributed by atoms with E-state index in [0.717, 1.165) is 19.4 Å². The molecule has 0 aliphatic carbocycles.